The normalized spacial score (nSPS) is 25.8. The highest BCUT2D eigenvalue weighted by Crippen LogP contribution is 2.21. The van der Waals surface area contributed by atoms with Crippen molar-refractivity contribution < 1.29 is 9.59 Å². The van der Waals surface area contributed by atoms with Gasteiger partial charge in [0.25, 0.3) is 0 Å². The first kappa shape index (κ1) is 13.3. The zero-order valence-electron chi connectivity index (χ0n) is 11.1. The largest absolute Gasteiger partial charge is 0.359 e. The van der Waals surface area contributed by atoms with Gasteiger partial charge in [0.05, 0.1) is 5.92 Å². The summed E-state index contributed by atoms with van der Waals surface area (Å²) in [6.07, 6.45) is 3.68. The summed E-state index contributed by atoms with van der Waals surface area (Å²) in [5.74, 6) is 0.623. The van der Waals surface area contributed by atoms with Crippen LogP contribution in [-0.2, 0) is 9.59 Å². The van der Waals surface area contributed by atoms with Gasteiger partial charge in [0.1, 0.15) is 0 Å². The predicted octanol–water partition coefficient (Wildman–Crippen LogP) is -0.0294. The van der Waals surface area contributed by atoms with E-state index in [0.717, 1.165) is 51.9 Å². The molecule has 18 heavy (non-hydrogen) atoms. The number of likely N-dealkylation sites (tertiary alicyclic amines) is 1. The molecule has 2 fully saturated rings. The van der Waals surface area contributed by atoms with E-state index in [0.29, 0.717) is 0 Å². The zero-order valence-corrected chi connectivity index (χ0v) is 11.1. The fourth-order valence-electron chi connectivity index (χ4n) is 2.89. The van der Waals surface area contributed by atoms with Crippen LogP contribution in [0.15, 0.2) is 0 Å². The van der Waals surface area contributed by atoms with Crippen molar-refractivity contribution in [3.63, 3.8) is 0 Å². The Labute approximate surface area is 108 Å². The number of hydrogen-bond donors (Lipinski definition) is 2. The lowest BCUT2D eigenvalue weighted by Crippen LogP contribution is -2.47. The van der Waals surface area contributed by atoms with Crippen LogP contribution in [0.3, 0.4) is 0 Å². The topological polar surface area (TPSA) is 61.4 Å². The van der Waals surface area contributed by atoms with Gasteiger partial charge in [-0.25, -0.2) is 0 Å². The van der Waals surface area contributed by atoms with Crippen molar-refractivity contribution in [3.05, 3.63) is 0 Å². The number of nitrogens with zero attached hydrogens (tertiary/aromatic N) is 1. The van der Waals surface area contributed by atoms with Gasteiger partial charge in [-0.05, 0) is 32.2 Å². The Hall–Kier alpha value is -1.10. The van der Waals surface area contributed by atoms with Crippen molar-refractivity contribution in [1.82, 2.24) is 15.5 Å². The van der Waals surface area contributed by atoms with Gasteiger partial charge in [0.15, 0.2) is 0 Å². The summed E-state index contributed by atoms with van der Waals surface area (Å²) >= 11 is 0. The monoisotopic (exact) mass is 253 g/mol. The molecule has 2 aliphatic heterocycles. The minimum atomic E-state index is 0.0866. The Morgan fingerprint density at radius 1 is 1.17 bits per heavy atom. The second-order valence-corrected chi connectivity index (χ2v) is 5.26. The summed E-state index contributed by atoms with van der Waals surface area (Å²) in [5, 5.41) is 5.97. The number of amides is 2. The molecule has 0 aromatic carbocycles. The Morgan fingerprint density at radius 2 is 1.89 bits per heavy atom. The summed E-state index contributed by atoms with van der Waals surface area (Å²) in [4.78, 5) is 25.7. The maximum atomic E-state index is 12.3. The molecule has 5 heteroatoms. The molecule has 0 saturated carbocycles. The van der Waals surface area contributed by atoms with Crippen LogP contribution in [-0.4, -0.2) is 49.9 Å². The van der Waals surface area contributed by atoms with Crippen molar-refractivity contribution in [1.29, 1.82) is 0 Å². The van der Waals surface area contributed by atoms with Crippen LogP contribution in [0.1, 0.15) is 25.7 Å². The Bertz CT molecular complexity index is 305. The summed E-state index contributed by atoms with van der Waals surface area (Å²) in [7, 11) is 1.67. The van der Waals surface area contributed by atoms with Crippen LogP contribution in [0.25, 0.3) is 0 Å². The third-order valence-electron chi connectivity index (χ3n) is 4.07. The minimum Gasteiger partial charge on any atom is -0.359 e. The first-order valence-corrected chi connectivity index (χ1v) is 6.93. The van der Waals surface area contributed by atoms with Gasteiger partial charge in [0, 0.05) is 32.6 Å². The summed E-state index contributed by atoms with van der Waals surface area (Å²) in [6.45, 7) is 3.30. The van der Waals surface area contributed by atoms with Gasteiger partial charge in [0.2, 0.25) is 11.8 Å². The minimum absolute atomic E-state index is 0.0866. The summed E-state index contributed by atoms with van der Waals surface area (Å²) in [6, 6.07) is 0. The molecule has 102 valence electrons. The molecule has 0 aliphatic carbocycles. The molecule has 0 spiro atoms. The summed E-state index contributed by atoms with van der Waals surface area (Å²) in [5.41, 5.74) is 0. The first-order chi connectivity index (χ1) is 8.72. The van der Waals surface area contributed by atoms with E-state index < -0.39 is 0 Å². The number of piperidine rings is 2. The third-order valence-corrected chi connectivity index (χ3v) is 4.07. The van der Waals surface area contributed by atoms with E-state index in [1.165, 1.54) is 0 Å². The van der Waals surface area contributed by atoms with Crippen molar-refractivity contribution in [2.45, 2.75) is 25.7 Å². The van der Waals surface area contributed by atoms with Gasteiger partial charge < -0.3 is 15.5 Å². The van der Waals surface area contributed by atoms with E-state index in [9.17, 15) is 9.59 Å². The van der Waals surface area contributed by atoms with E-state index in [-0.39, 0.29) is 23.7 Å². The fourth-order valence-corrected chi connectivity index (χ4v) is 2.89. The van der Waals surface area contributed by atoms with E-state index >= 15 is 0 Å². The molecule has 5 nitrogen and oxygen atoms in total. The highest BCUT2D eigenvalue weighted by molar-refractivity contribution is 5.81. The third kappa shape index (κ3) is 3.02. The Balaban J connectivity index is 1.81. The molecular formula is C13H23N3O2. The lowest BCUT2D eigenvalue weighted by atomic mass is 9.93. The van der Waals surface area contributed by atoms with Gasteiger partial charge in [-0.2, -0.15) is 0 Å². The average Bonchev–Trinajstić information content (AvgIpc) is 2.47. The highest BCUT2D eigenvalue weighted by Gasteiger charge is 2.30. The molecule has 2 amide bonds. The highest BCUT2D eigenvalue weighted by atomic mass is 16.2. The molecule has 0 unspecified atom stereocenters. The molecule has 0 bridgehead atoms. The number of rotatable bonds is 2. The number of carbonyl (C=O) groups is 2. The zero-order chi connectivity index (χ0) is 13.0. The molecule has 0 radical (unpaired) electrons. The molecule has 2 rings (SSSR count). The number of hydrogen-bond acceptors (Lipinski definition) is 3. The molecule has 2 aliphatic rings. The van der Waals surface area contributed by atoms with E-state index in [1.807, 2.05) is 4.90 Å². The van der Waals surface area contributed by atoms with Crippen LogP contribution < -0.4 is 10.6 Å². The molecule has 2 saturated heterocycles. The maximum Gasteiger partial charge on any atom is 0.226 e. The van der Waals surface area contributed by atoms with Crippen LogP contribution in [0.4, 0.5) is 0 Å². The standard InChI is InChI=1S/C13H23N3O2/c1-14-12(17)10-4-7-16(8-5-10)13(18)11-3-2-6-15-9-11/h10-11,15H,2-9H2,1H3,(H,14,17)/t11-/m0/s1. The van der Waals surface area contributed by atoms with Crippen LogP contribution in [0.2, 0.25) is 0 Å². The van der Waals surface area contributed by atoms with Crippen LogP contribution in [0.5, 0.6) is 0 Å². The van der Waals surface area contributed by atoms with E-state index in [2.05, 4.69) is 10.6 Å². The Morgan fingerprint density at radius 3 is 2.44 bits per heavy atom. The van der Waals surface area contributed by atoms with E-state index in [1.54, 1.807) is 7.05 Å². The van der Waals surface area contributed by atoms with Gasteiger partial charge in [-0.3, -0.25) is 9.59 Å². The van der Waals surface area contributed by atoms with E-state index in [4.69, 9.17) is 0 Å². The number of nitrogens with one attached hydrogen (secondary N) is 2. The first-order valence-electron chi connectivity index (χ1n) is 6.93. The summed E-state index contributed by atoms with van der Waals surface area (Å²) < 4.78 is 0. The molecular weight excluding hydrogens is 230 g/mol. The van der Waals surface area contributed by atoms with Crippen LogP contribution in [0, 0.1) is 11.8 Å². The number of carbonyl (C=O) groups excluding carboxylic acids is 2. The van der Waals surface area contributed by atoms with Gasteiger partial charge in [-0.1, -0.05) is 0 Å². The predicted molar refractivity (Wildman–Crippen MR) is 69.0 cm³/mol. The lowest BCUT2D eigenvalue weighted by molar-refractivity contribution is -0.139. The molecule has 1 atom stereocenters. The quantitative estimate of drug-likeness (QED) is 0.726. The second-order valence-electron chi connectivity index (χ2n) is 5.26. The average molecular weight is 253 g/mol. The van der Waals surface area contributed by atoms with Crippen molar-refractivity contribution in [2.75, 3.05) is 33.2 Å². The van der Waals surface area contributed by atoms with Crippen LogP contribution >= 0.6 is 0 Å². The maximum absolute atomic E-state index is 12.3. The van der Waals surface area contributed by atoms with Crippen molar-refractivity contribution >= 4 is 11.8 Å². The molecule has 2 heterocycles. The smallest absolute Gasteiger partial charge is 0.226 e. The van der Waals surface area contributed by atoms with Gasteiger partial charge in [-0.15, -0.1) is 0 Å². The Kier molecular flexibility index (Phi) is 4.58. The second kappa shape index (κ2) is 6.18. The molecule has 2 N–H and O–H groups in total. The fraction of sp³-hybridized carbons (Fsp3) is 0.846. The lowest BCUT2D eigenvalue weighted by Gasteiger charge is -2.34. The molecule has 0 aromatic heterocycles. The SMILES string of the molecule is CNC(=O)C1CCN(C(=O)[C@H]2CCCNC2)CC1. The van der Waals surface area contributed by atoms with Crippen molar-refractivity contribution in [2.24, 2.45) is 11.8 Å². The molecule has 0 aromatic rings. The van der Waals surface area contributed by atoms with Crippen molar-refractivity contribution in [3.8, 4) is 0 Å². The van der Waals surface area contributed by atoms with Gasteiger partial charge >= 0.3 is 0 Å².